The highest BCUT2D eigenvalue weighted by atomic mass is 35.5. The van der Waals surface area contributed by atoms with Crippen LogP contribution in [0.5, 0.6) is 11.5 Å². The van der Waals surface area contributed by atoms with Crippen molar-refractivity contribution in [3.05, 3.63) is 95.3 Å². The van der Waals surface area contributed by atoms with Crippen LogP contribution in [0.3, 0.4) is 0 Å². The van der Waals surface area contributed by atoms with E-state index in [4.69, 9.17) is 26.1 Å². The number of thiazole rings is 1. The van der Waals surface area contributed by atoms with Crippen LogP contribution < -0.4 is 35.6 Å². The minimum absolute atomic E-state index is 0.0265. The van der Waals surface area contributed by atoms with Crippen LogP contribution in [-0.2, 0) is 28.8 Å². The van der Waals surface area contributed by atoms with Crippen LogP contribution in [-0.4, -0.2) is 127 Å². The van der Waals surface area contributed by atoms with E-state index in [1.165, 1.54) is 11.3 Å². The molecule has 17 nitrogen and oxygen atoms in total. The molecule has 10 rings (SSSR count). The number of rotatable bonds is 14. The summed E-state index contributed by atoms with van der Waals surface area (Å²) in [5.41, 5.74) is 3.31. The van der Waals surface area contributed by atoms with Gasteiger partial charge in [0.1, 0.15) is 23.1 Å². The first-order valence-corrected chi connectivity index (χ1v) is 26.6. The standard InChI is InChI=1S/C54H60ClN9O8S/c1-56-53(70)54(72-45-8-3-2-5-39(45)51-60-44-7-4-6-42(55)48(44)73-51)17-24-64(25-18-54)52(69)41-29-47(66)59-43-11-9-37(28-40(41)43)71-26-19-58-49(67)34-15-20-62(21-16-34)32-33-13-22-63(23-14-33)36-27-35(30-57-31-36)38-10-12-46(65)61-50(38)68/h2-9,11,27-28,30-31,33-34,38,41H,10,12-26,29,32H2,1H3,(H,56,70)(H,58,67)(H,59,66)(H,61,65,68)/t38?,41-/m0/s1. The summed E-state index contributed by atoms with van der Waals surface area (Å²) in [4.78, 5) is 94.1. The number of fused-ring (bicyclic) bond motifs is 2. The number of carbonyl (C=O) groups is 6. The fourth-order valence-electron chi connectivity index (χ4n) is 11.1. The summed E-state index contributed by atoms with van der Waals surface area (Å²) in [7, 11) is 1.57. The number of amides is 6. The smallest absolute Gasteiger partial charge is 0.264 e. The molecular formula is C54H60ClN9O8S. The number of benzene rings is 3. The normalized spacial score (nSPS) is 20.7. The Morgan fingerprint density at radius 3 is 2.44 bits per heavy atom. The number of piperidine rings is 4. The van der Waals surface area contributed by atoms with Crippen LogP contribution >= 0.6 is 22.9 Å². The molecule has 0 aliphatic carbocycles. The summed E-state index contributed by atoms with van der Waals surface area (Å²) in [6.07, 6.45) is 8.55. The van der Waals surface area contributed by atoms with E-state index in [9.17, 15) is 28.8 Å². The number of anilines is 2. The van der Waals surface area contributed by atoms with Gasteiger partial charge in [-0.2, -0.15) is 0 Å². The van der Waals surface area contributed by atoms with E-state index < -0.39 is 11.5 Å². The Labute approximate surface area is 432 Å². The van der Waals surface area contributed by atoms with Gasteiger partial charge in [-0.15, -0.1) is 11.3 Å². The molecule has 4 N–H and O–H groups in total. The molecule has 0 radical (unpaired) electrons. The highest BCUT2D eigenvalue weighted by Crippen LogP contribution is 2.42. The Kier molecular flexibility index (Phi) is 14.9. The average molecular weight is 1030 g/mol. The van der Waals surface area contributed by atoms with Crippen molar-refractivity contribution in [2.75, 3.05) is 76.2 Å². The van der Waals surface area contributed by atoms with Gasteiger partial charge in [-0.05, 0) is 111 Å². The number of carbonyl (C=O) groups excluding carboxylic acids is 6. The molecule has 5 aromatic rings. The second kappa shape index (κ2) is 21.8. The maximum absolute atomic E-state index is 14.3. The molecule has 73 heavy (non-hydrogen) atoms. The molecular weight excluding hydrogens is 970 g/mol. The second-order valence-electron chi connectivity index (χ2n) is 19.8. The number of aromatic nitrogens is 2. The van der Waals surface area contributed by atoms with Crippen molar-refractivity contribution in [1.29, 1.82) is 0 Å². The van der Waals surface area contributed by atoms with Crippen LogP contribution in [0.4, 0.5) is 11.4 Å². The van der Waals surface area contributed by atoms with Crippen molar-refractivity contribution in [1.82, 2.24) is 35.7 Å². The van der Waals surface area contributed by atoms with Crippen LogP contribution in [0.15, 0.2) is 79.1 Å². The van der Waals surface area contributed by atoms with E-state index in [1.54, 1.807) is 36.3 Å². The van der Waals surface area contributed by atoms with Crippen molar-refractivity contribution in [3.63, 3.8) is 0 Å². The molecule has 2 atom stereocenters. The Morgan fingerprint density at radius 2 is 1.67 bits per heavy atom. The Bertz CT molecular complexity index is 2910. The number of ether oxygens (including phenoxy) is 2. The molecule has 2 aromatic heterocycles. The van der Waals surface area contributed by atoms with Crippen molar-refractivity contribution in [2.24, 2.45) is 11.8 Å². The predicted octanol–water partition coefficient (Wildman–Crippen LogP) is 6.27. The Morgan fingerprint density at radius 1 is 0.877 bits per heavy atom. The molecule has 3 aromatic carbocycles. The number of nitrogens with zero attached hydrogens (tertiary/aromatic N) is 5. The minimum Gasteiger partial charge on any atom is -0.492 e. The van der Waals surface area contributed by atoms with Crippen molar-refractivity contribution >= 4 is 80.0 Å². The van der Waals surface area contributed by atoms with Crippen molar-refractivity contribution in [2.45, 2.75) is 75.2 Å². The summed E-state index contributed by atoms with van der Waals surface area (Å²) in [5, 5.41) is 12.5. The topological polar surface area (TPSA) is 205 Å². The molecule has 5 aliphatic rings. The lowest BCUT2D eigenvalue weighted by Crippen LogP contribution is -2.58. The van der Waals surface area contributed by atoms with Gasteiger partial charge in [-0.1, -0.05) is 29.8 Å². The fourth-order valence-corrected chi connectivity index (χ4v) is 12.3. The van der Waals surface area contributed by atoms with Gasteiger partial charge >= 0.3 is 0 Å². The third-order valence-corrected chi connectivity index (χ3v) is 16.7. The van der Waals surface area contributed by atoms with Gasteiger partial charge in [0.2, 0.25) is 29.5 Å². The first kappa shape index (κ1) is 49.9. The highest BCUT2D eigenvalue weighted by molar-refractivity contribution is 7.22. The first-order valence-electron chi connectivity index (χ1n) is 25.4. The molecule has 4 saturated heterocycles. The number of nitrogens with one attached hydrogen (secondary N) is 4. The molecule has 0 saturated carbocycles. The molecule has 4 fully saturated rings. The lowest BCUT2D eigenvalue weighted by atomic mass is 9.86. The third kappa shape index (κ3) is 11.0. The zero-order chi connectivity index (χ0) is 50.6. The Balaban J connectivity index is 0.679. The van der Waals surface area contributed by atoms with E-state index in [0.29, 0.717) is 58.1 Å². The molecule has 7 heterocycles. The highest BCUT2D eigenvalue weighted by Gasteiger charge is 2.46. The van der Waals surface area contributed by atoms with Crippen molar-refractivity contribution in [3.8, 4) is 22.1 Å². The maximum atomic E-state index is 14.3. The van der Waals surface area contributed by atoms with E-state index in [2.05, 4.69) is 36.1 Å². The minimum atomic E-state index is -1.26. The van der Waals surface area contributed by atoms with Gasteiger partial charge in [0.15, 0.2) is 5.60 Å². The quantitative estimate of drug-likeness (QED) is 0.0719. The summed E-state index contributed by atoms with van der Waals surface area (Å²) >= 11 is 7.94. The number of para-hydroxylation sites is 1. The molecule has 6 amide bonds. The van der Waals surface area contributed by atoms with Gasteiger partial charge < -0.3 is 40.1 Å². The molecule has 0 bridgehead atoms. The van der Waals surface area contributed by atoms with Crippen molar-refractivity contribution < 1.29 is 38.2 Å². The predicted molar refractivity (Wildman–Crippen MR) is 278 cm³/mol. The van der Waals surface area contributed by atoms with E-state index in [-0.39, 0.29) is 86.2 Å². The summed E-state index contributed by atoms with van der Waals surface area (Å²) in [6.45, 7) is 5.59. The van der Waals surface area contributed by atoms with Gasteiger partial charge in [0.05, 0.1) is 51.1 Å². The molecule has 1 unspecified atom stereocenters. The van der Waals surface area contributed by atoms with E-state index >= 15 is 0 Å². The Hall–Kier alpha value is -6.63. The van der Waals surface area contributed by atoms with Crippen LogP contribution in [0.1, 0.15) is 80.8 Å². The van der Waals surface area contributed by atoms with Gasteiger partial charge in [0.25, 0.3) is 5.91 Å². The first-order chi connectivity index (χ1) is 35.4. The van der Waals surface area contributed by atoms with E-state index in [1.807, 2.05) is 54.7 Å². The van der Waals surface area contributed by atoms with Gasteiger partial charge in [-0.3, -0.25) is 39.1 Å². The zero-order valence-electron chi connectivity index (χ0n) is 40.8. The number of imide groups is 1. The maximum Gasteiger partial charge on any atom is 0.264 e. The lowest BCUT2D eigenvalue weighted by Gasteiger charge is -2.42. The van der Waals surface area contributed by atoms with Gasteiger partial charge in [0, 0.05) is 83.3 Å². The summed E-state index contributed by atoms with van der Waals surface area (Å²) < 4.78 is 13.7. The SMILES string of the molecule is CNC(=O)C1(Oc2ccccc2-c2nc3cccc(Cl)c3s2)CCN(C(=O)[C@H]2CC(=O)Nc3ccc(OCCNC(=O)C4CCN(CC5CCN(c6cncc(C7CCC(=O)NC7=O)c6)CC5)CC4)cc32)CC1. The number of likely N-dealkylation sites (N-methyl/N-ethyl adjacent to an activating group) is 1. The largest absolute Gasteiger partial charge is 0.492 e. The number of hydrogen-bond acceptors (Lipinski definition) is 13. The number of halogens is 1. The number of likely N-dealkylation sites (tertiary alicyclic amines) is 2. The average Bonchev–Trinajstić information content (AvgIpc) is 3.86. The summed E-state index contributed by atoms with van der Waals surface area (Å²) in [6, 6.07) is 20.4. The lowest BCUT2D eigenvalue weighted by molar-refractivity contribution is -0.147. The molecule has 0 spiro atoms. The molecule has 19 heteroatoms. The van der Waals surface area contributed by atoms with Gasteiger partial charge in [-0.25, -0.2) is 4.98 Å². The van der Waals surface area contributed by atoms with Crippen LogP contribution in [0.2, 0.25) is 5.02 Å². The number of hydrogen-bond donors (Lipinski definition) is 4. The second-order valence-corrected chi connectivity index (χ2v) is 21.2. The number of pyridine rings is 1. The third-order valence-electron chi connectivity index (χ3n) is 15.2. The van der Waals surface area contributed by atoms with Crippen LogP contribution in [0.25, 0.3) is 20.8 Å². The van der Waals surface area contributed by atoms with Crippen LogP contribution in [0, 0.1) is 11.8 Å². The monoisotopic (exact) mass is 1030 g/mol. The molecule has 5 aliphatic heterocycles. The molecule has 382 valence electrons. The fraction of sp³-hybridized carbons (Fsp3) is 0.444. The summed E-state index contributed by atoms with van der Waals surface area (Å²) in [5.74, 6) is -0.779. The van der Waals surface area contributed by atoms with E-state index in [0.717, 1.165) is 85.4 Å². The zero-order valence-corrected chi connectivity index (χ0v) is 42.4.